The fourth-order valence-electron chi connectivity index (χ4n) is 0.439. The van der Waals surface area contributed by atoms with Crippen molar-refractivity contribution in [3.8, 4) is 0 Å². The minimum atomic E-state index is -4.58. The predicted molar refractivity (Wildman–Crippen MR) is 97.4 cm³/mol. The molecule has 0 spiro atoms. The van der Waals surface area contributed by atoms with Gasteiger partial charge in [0, 0.05) is 33.3 Å². The molecule has 19 heteroatoms. The summed E-state index contributed by atoms with van der Waals surface area (Å²) in [4.78, 5) is 37.1. The van der Waals surface area contributed by atoms with Crippen LogP contribution in [0, 0.1) is 7.43 Å². The van der Waals surface area contributed by atoms with Crippen LogP contribution in [0.4, 0.5) is 0 Å². The van der Waals surface area contributed by atoms with Crippen molar-refractivity contribution in [3.63, 3.8) is 0 Å². The minimum Gasteiger partial charge on any atom is -0.791 e. The van der Waals surface area contributed by atoms with Crippen LogP contribution in [0.25, 0.3) is 0 Å². The molecule has 0 aromatic heterocycles. The summed E-state index contributed by atoms with van der Waals surface area (Å²) in [5.41, 5.74) is 0. The Labute approximate surface area is 175 Å². The summed E-state index contributed by atoms with van der Waals surface area (Å²) < 4.78 is 41.1. The molecule has 26 heavy (non-hydrogen) atoms. The second-order valence-electron chi connectivity index (χ2n) is 3.05. The Kier molecular flexibility index (Phi) is 31.4. The van der Waals surface area contributed by atoms with Crippen molar-refractivity contribution < 1.29 is 50.7 Å². The van der Waals surface area contributed by atoms with Crippen molar-refractivity contribution >= 4 is 80.0 Å². The molecule has 11 nitrogen and oxygen atoms in total. The topological polar surface area (TPSA) is 173 Å². The maximum atomic E-state index is 9.28. The summed E-state index contributed by atoms with van der Waals surface area (Å²) in [6, 6.07) is 0. The van der Waals surface area contributed by atoms with Gasteiger partial charge in [-0.2, -0.15) is 0 Å². The van der Waals surface area contributed by atoms with E-state index >= 15 is 0 Å². The number of hydrogen-bond donors (Lipinski definition) is 0. The standard InChI is InChI=1S/C6H12Cl3O3P.C.2H5O4PSi/c7-1-4-10-13(11-5-2-8)12-6-3-9;;2*1-5(2,3)4-6/h1-6H2;;2*6H3,(H2,1,2,3)/q;+4;;/p-4. The quantitative estimate of drug-likeness (QED) is 0.153. The molecule has 0 atom stereocenters. The molecule has 0 saturated heterocycles. The van der Waals surface area contributed by atoms with Crippen LogP contribution >= 0.6 is 59.1 Å². The molecule has 0 bridgehead atoms. The summed E-state index contributed by atoms with van der Waals surface area (Å²) in [7, 11) is -10.6. The first kappa shape index (κ1) is 35.3. The van der Waals surface area contributed by atoms with Gasteiger partial charge < -0.3 is 50.7 Å². The second kappa shape index (κ2) is 23.1. The van der Waals surface area contributed by atoms with Gasteiger partial charge in [-0.15, -0.1) is 34.8 Å². The smallest absolute Gasteiger partial charge is 0.791 e. The Morgan fingerprint density at radius 3 is 1.04 bits per heavy atom. The van der Waals surface area contributed by atoms with Crippen LogP contribution in [-0.2, 0) is 31.1 Å². The van der Waals surface area contributed by atoms with Crippen molar-refractivity contribution in [2.75, 3.05) is 37.5 Å². The molecular formula is C7H18Cl3O11P3Si2. The van der Waals surface area contributed by atoms with E-state index in [-0.39, 0.29) is 28.4 Å². The van der Waals surface area contributed by atoms with Gasteiger partial charge in [-0.3, -0.25) is 0 Å². The first-order chi connectivity index (χ1) is 11.5. The maximum absolute atomic E-state index is 9.28. The predicted octanol–water partition coefficient (Wildman–Crippen LogP) is -2.72. The van der Waals surface area contributed by atoms with E-state index in [0.29, 0.717) is 37.5 Å². The van der Waals surface area contributed by atoms with Crippen molar-refractivity contribution in [1.29, 1.82) is 0 Å². The molecule has 0 aliphatic carbocycles. The van der Waals surface area contributed by atoms with E-state index in [1.54, 1.807) is 0 Å². The van der Waals surface area contributed by atoms with E-state index in [1.807, 2.05) is 0 Å². The molecule has 0 aliphatic rings. The average Bonchev–Trinajstić information content (AvgIpc) is 2.54. The molecule has 0 aromatic carbocycles. The number of rotatable bonds is 11. The molecule has 0 saturated carbocycles. The summed E-state index contributed by atoms with van der Waals surface area (Å²) in [6.45, 7) is 1.20. The first-order valence-corrected chi connectivity index (χ1v) is 13.2. The van der Waals surface area contributed by atoms with Crippen LogP contribution in [0.15, 0.2) is 0 Å². The monoisotopic (exact) mass is 532 g/mol. The third-order valence-corrected chi connectivity index (χ3v) is 6.49. The van der Waals surface area contributed by atoms with E-state index in [9.17, 15) is 28.7 Å². The van der Waals surface area contributed by atoms with Gasteiger partial charge in [0.1, 0.15) is 0 Å². The fourth-order valence-corrected chi connectivity index (χ4v) is 1.94. The molecule has 0 N–H and O–H groups in total. The Balaban J connectivity index is -0.000000157. The number of alkyl halides is 3. The van der Waals surface area contributed by atoms with Crippen LogP contribution in [0.3, 0.4) is 0 Å². The minimum absolute atomic E-state index is 0. The number of halogens is 3. The van der Waals surface area contributed by atoms with Gasteiger partial charge in [-0.05, 0) is 0 Å². The summed E-state index contributed by atoms with van der Waals surface area (Å²) in [6.07, 6.45) is 0. The first-order valence-electron chi connectivity index (χ1n) is 5.99. The Morgan fingerprint density at radius 1 is 0.731 bits per heavy atom. The van der Waals surface area contributed by atoms with Gasteiger partial charge in [0.05, 0.1) is 19.8 Å². The van der Waals surface area contributed by atoms with E-state index < -0.39 is 24.2 Å². The Morgan fingerprint density at radius 2 is 0.923 bits per heavy atom. The van der Waals surface area contributed by atoms with Gasteiger partial charge in [0.2, 0.25) is 0 Å². The zero-order chi connectivity index (χ0) is 20.4. The van der Waals surface area contributed by atoms with Gasteiger partial charge >= 0.3 is 16.0 Å². The van der Waals surface area contributed by atoms with E-state index in [2.05, 4.69) is 8.43 Å². The van der Waals surface area contributed by atoms with Crippen LogP contribution in [0.2, 0.25) is 0 Å². The van der Waals surface area contributed by atoms with Gasteiger partial charge in [-0.25, -0.2) is 0 Å². The summed E-state index contributed by atoms with van der Waals surface area (Å²) in [5, 5.41) is 0. The molecular weight excluding hydrogens is 516 g/mol. The van der Waals surface area contributed by atoms with Gasteiger partial charge in [-0.1, -0.05) is 0 Å². The third kappa shape index (κ3) is 40.5. The van der Waals surface area contributed by atoms with Crippen LogP contribution in [0.5, 0.6) is 0 Å². The molecule has 0 rings (SSSR count). The molecule has 0 unspecified atom stereocenters. The van der Waals surface area contributed by atoms with Crippen molar-refractivity contribution in [3.05, 3.63) is 7.43 Å². The Hall–Kier alpha value is 1.83. The number of phosphoric acid groups is 2. The van der Waals surface area contributed by atoms with Gasteiger partial charge in [0.15, 0.2) is 21.0 Å². The maximum Gasteiger partial charge on any atom is 4.00 e. The van der Waals surface area contributed by atoms with E-state index in [1.165, 1.54) is 0 Å². The van der Waals surface area contributed by atoms with Gasteiger partial charge in [0.25, 0.3) is 0 Å². The molecule has 0 heterocycles. The normalized spacial score (nSPS) is 11.2. The molecule has 0 fully saturated rings. The van der Waals surface area contributed by atoms with Crippen molar-refractivity contribution in [2.45, 2.75) is 0 Å². The van der Waals surface area contributed by atoms with Crippen molar-refractivity contribution in [2.24, 2.45) is 0 Å². The summed E-state index contributed by atoms with van der Waals surface area (Å²) in [5.74, 6) is 1.23. The van der Waals surface area contributed by atoms with Crippen LogP contribution < -0.4 is 19.6 Å². The molecule has 0 aliphatic heterocycles. The average molecular weight is 534 g/mol. The van der Waals surface area contributed by atoms with Crippen LogP contribution in [0.1, 0.15) is 0 Å². The molecule has 0 radical (unpaired) electrons. The second-order valence-corrected chi connectivity index (χ2v) is 10.1. The fraction of sp³-hybridized carbons (Fsp3) is 0.857. The van der Waals surface area contributed by atoms with Crippen LogP contribution in [-0.4, -0.2) is 58.4 Å². The van der Waals surface area contributed by atoms with E-state index in [0.717, 1.165) is 0 Å². The zero-order valence-corrected chi connectivity index (χ0v) is 22.7. The molecule has 156 valence electrons. The van der Waals surface area contributed by atoms with E-state index in [4.69, 9.17) is 48.4 Å². The molecule has 0 amide bonds. The molecule has 0 aromatic rings. The van der Waals surface area contributed by atoms with Crippen molar-refractivity contribution in [1.82, 2.24) is 0 Å². The Bertz CT molecular complexity index is 334. The third-order valence-electron chi connectivity index (χ3n) is 1.27. The number of hydrogen-bond acceptors (Lipinski definition) is 11. The summed E-state index contributed by atoms with van der Waals surface area (Å²) >= 11 is 16.3. The largest absolute Gasteiger partial charge is 4.00 e. The zero-order valence-electron chi connectivity index (χ0n) is 13.7. The SMILES string of the molecule is ClCCOP(OCCCl)OCCCl.O=P([O-])([O-])O[SiH3].O=P([O-])([O-])O[SiH3].[C+4].